The molecule has 3 N–H and O–H groups in total. The molecule has 1 heterocycles. The minimum Gasteiger partial charge on any atom is -0.444 e. The summed E-state index contributed by atoms with van der Waals surface area (Å²) in [7, 11) is 1.75. The topological polar surface area (TPSA) is 76.8 Å². The molecule has 1 fully saturated rings. The number of rotatable bonds is 5. The molecule has 22 heavy (non-hydrogen) atoms. The van der Waals surface area contributed by atoms with E-state index >= 15 is 0 Å². The summed E-state index contributed by atoms with van der Waals surface area (Å²) in [6, 6.07) is 0.00318. The molecule has 4 atom stereocenters. The van der Waals surface area contributed by atoms with Gasteiger partial charge in [-0.25, -0.2) is 4.79 Å². The van der Waals surface area contributed by atoms with Gasteiger partial charge in [0, 0.05) is 32.3 Å². The molecule has 0 saturated carbocycles. The molecule has 1 rings (SSSR count). The lowest BCUT2D eigenvalue weighted by Crippen LogP contribution is -2.58. The minimum absolute atomic E-state index is 0.0780. The van der Waals surface area contributed by atoms with Crippen LogP contribution < -0.4 is 11.1 Å². The summed E-state index contributed by atoms with van der Waals surface area (Å²) in [5.74, 6) is 0.550. The predicted molar refractivity (Wildman–Crippen MR) is 87.8 cm³/mol. The average molecular weight is 315 g/mol. The molecule has 0 aromatic rings. The highest BCUT2D eigenvalue weighted by atomic mass is 16.6. The highest BCUT2D eigenvalue weighted by Crippen LogP contribution is 2.22. The number of methoxy groups -OCH3 is 1. The van der Waals surface area contributed by atoms with Gasteiger partial charge in [0.25, 0.3) is 0 Å². The molecular formula is C16H33N3O3. The Kier molecular flexibility index (Phi) is 7.09. The number of piperidine rings is 1. The van der Waals surface area contributed by atoms with E-state index in [0.717, 1.165) is 19.5 Å². The van der Waals surface area contributed by atoms with Gasteiger partial charge in [-0.15, -0.1) is 0 Å². The van der Waals surface area contributed by atoms with Crippen molar-refractivity contribution in [1.82, 2.24) is 10.2 Å². The zero-order valence-electron chi connectivity index (χ0n) is 14.9. The zero-order valence-corrected chi connectivity index (χ0v) is 14.9. The monoisotopic (exact) mass is 315 g/mol. The molecule has 130 valence electrons. The van der Waals surface area contributed by atoms with Gasteiger partial charge >= 0.3 is 6.09 Å². The van der Waals surface area contributed by atoms with Crippen molar-refractivity contribution in [1.29, 1.82) is 0 Å². The molecule has 4 unspecified atom stereocenters. The van der Waals surface area contributed by atoms with E-state index in [0.29, 0.717) is 12.5 Å². The van der Waals surface area contributed by atoms with Crippen molar-refractivity contribution in [2.75, 3.05) is 26.7 Å². The first-order valence-corrected chi connectivity index (χ1v) is 8.14. The summed E-state index contributed by atoms with van der Waals surface area (Å²) in [6.45, 7) is 12.1. The third kappa shape index (κ3) is 5.74. The molecule has 0 aromatic carbocycles. The van der Waals surface area contributed by atoms with Gasteiger partial charge < -0.3 is 20.5 Å². The van der Waals surface area contributed by atoms with E-state index in [-0.39, 0.29) is 18.2 Å². The second kappa shape index (κ2) is 8.13. The van der Waals surface area contributed by atoms with Crippen LogP contribution in [-0.2, 0) is 9.47 Å². The summed E-state index contributed by atoms with van der Waals surface area (Å²) in [4.78, 5) is 14.2. The van der Waals surface area contributed by atoms with Gasteiger partial charge in [-0.3, -0.25) is 4.90 Å². The van der Waals surface area contributed by atoms with Crippen molar-refractivity contribution in [3.63, 3.8) is 0 Å². The smallest absolute Gasteiger partial charge is 0.407 e. The van der Waals surface area contributed by atoms with Crippen molar-refractivity contribution in [3.8, 4) is 0 Å². The quantitative estimate of drug-likeness (QED) is 0.805. The number of nitrogens with one attached hydrogen (secondary N) is 1. The molecule has 1 amide bonds. The van der Waals surface area contributed by atoms with Gasteiger partial charge in [-0.05, 0) is 46.6 Å². The lowest BCUT2D eigenvalue weighted by atomic mass is 9.93. The molecule has 0 aromatic heterocycles. The molecule has 1 aliphatic heterocycles. The van der Waals surface area contributed by atoms with E-state index in [1.54, 1.807) is 7.11 Å². The molecule has 0 bridgehead atoms. The van der Waals surface area contributed by atoms with E-state index in [1.807, 2.05) is 27.7 Å². The number of carbonyl (C=O) groups is 1. The lowest BCUT2D eigenvalue weighted by Gasteiger charge is -2.42. The van der Waals surface area contributed by atoms with Crippen LogP contribution in [0.2, 0.25) is 0 Å². The Labute approximate surface area is 134 Å². The van der Waals surface area contributed by atoms with Crippen LogP contribution in [0.5, 0.6) is 0 Å². The first kappa shape index (κ1) is 19.2. The van der Waals surface area contributed by atoms with Crippen molar-refractivity contribution >= 4 is 6.09 Å². The maximum atomic E-state index is 11.9. The summed E-state index contributed by atoms with van der Waals surface area (Å²) in [5, 5.41) is 2.91. The lowest BCUT2D eigenvalue weighted by molar-refractivity contribution is -0.0229. The number of carbonyl (C=O) groups excluding carboxylic acids is 1. The number of hydrogen-bond acceptors (Lipinski definition) is 5. The number of ether oxygens (including phenoxy) is 2. The Morgan fingerprint density at radius 1 is 1.45 bits per heavy atom. The van der Waals surface area contributed by atoms with Crippen LogP contribution in [0.15, 0.2) is 0 Å². The SMILES string of the molecule is COC1CN(C(CN)C(C)NC(=O)OC(C)(C)C)CCC1C. The van der Waals surface area contributed by atoms with E-state index in [1.165, 1.54) is 0 Å². The Bertz CT molecular complexity index is 357. The van der Waals surface area contributed by atoms with Gasteiger partial charge in [0.1, 0.15) is 5.60 Å². The molecule has 0 aliphatic carbocycles. The van der Waals surface area contributed by atoms with E-state index in [9.17, 15) is 4.79 Å². The normalized spacial score (nSPS) is 26.3. The Balaban J connectivity index is 2.61. The third-order valence-electron chi connectivity index (χ3n) is 4.26. The molecule has 6 nitrogen and oxygen atoms in total. The van der Waals surface area contributed by atoms with Gasteiger partial charge in [0.15, 0.2) is 0 Å². The first-order chi connectivity index (χ1) is 10.2. The number of alkyl carbamates (subject to hydrolysis) is 1. The summed E-state index contributed by atoms with van der Waals surface area (Å²) in [5.41, 5.74) is 5.46. The number of amides is 1. The van der Waals surface area contributed by atoms with Crippen LogP contribution in [0.25, 0.3) is 0 Å². The van der Waals surface area contributed by atoms with Crippen molar-refractivity contribution in [3.05, 3.63) is 0 Å². The molecule has 0 radical (unpaired) electrons. The van der Waals surface area contributed by atoms with Crippen LogP contribution in [0, 0.1) is 5.92 Å². The van der Waals surface area contributed by atoms with Gasteiger partial charge in [0.2, 0.25) is 0 Å². The highest BCUT2D eigenvalue weighted by Gasteiger charge is 2.33. The predicted octanol–water partition coefficient (Wildman–Crippen LogP) is 1.58. The summed E-state index contributed by atoms with van der Waals surface area (Å²) >= 11 is 0. The number of likely N-dealkylation sites (tertiary alicyclic amines) is 1. The standard InChI is InChI=1S/C16H33N3O3/c1-11-7-8-19(10-14(11)21-6)13(9-17)12(2)18-15(20)22-16(3,4)5/h11-14H,7-10,17H2,1-6H3,(H,18,20). The third-order valence-corrected chi connectivity index (χ3v) is 4.26. The van der Waals surface area contributed by atoms with Gasteiger partial charge in [0.05, 0.1) is 6.10 Å². The second-order valence-corrected chi connectivity index (χ2v) is 7.27. The molecule has 1 saturated heterocycles. The number of hydrogen-bond donors (Lipinski definition) is 2. The molecule has 0 spiro atoms. The number of nitrogens with zero attached hydrogens (tertiary/aromatic N) is 1. The maximum absolute atomic E-state index is 11.9. The Hall–Kier alpha value is -0.850. The second-order valence-electron chi connectivity index (χ2n) is 7.27. The van der Waals surface area contributed by atoms with Crippen molar-refractivity contribution < 1.29 is 14.3 Å². The van der Waals surface area contributed by atoms with Gasteiger partial charge in [-0.2, -0.15) is 0 Å². The van der Waals surface area contributed by atoms with Crippen LogP contribution >= 0.6 is 0 Å². The van der Waals surface area contributed by atoms with E-state index in [2.05, 4.69) is 17.1 Å². The van der Waals surface area contributed by atoms with Crippen LogP contribution in [-0.4, -0.2) is 61.5 Å². The van der Waals surface area contributed by atoms with E-state index in [4.69, 9.17) is 15.2 Å². The Morgan fingerprint density at radius 2 is 2.09 bits per heavy atom. The fourth-order valence-electron chi connectivity index (χ4n) is 2.92. The highest BCUT2D eigenvalue weighted by molar-refractivity contribution is 5.68. The first-order valence-electron chi connectivity index (χ1n) is 8.14. The zero-order chi connectivity index (χ0) is 16.9. The van der Waals surface area contributed by atoms with Crippen molar-refractivity contribution in [2.24, 2.45) is 11.7 Å². The average Bonchev–Trinajstić information content (AvgIpc) is 2.38. The van der Waals surface area contributed by atoms with Crippen LogP contribution in [0.4, 0.5) is 4.79 Å². The van der Waals surface area contributed by atoms with Crippen LogP contribution in [0.1, 0.15) is 41.0 Å². The minimum atomic E-state index is -0.496. The van der Waals surface area contributed by atoms with E-state index < -0.39 is 11.7 Å². The Morgan fingerprint density at radius 3 is 2.59 bits per heavy atom. The summed E-state index contributed by atoms with van der Waals surface area (Å²) < 4.78 is 10.9. The van der Waals surface area contributed by atoms with Crippen molar-refractivity contribution in [2.45, 2.75) is 64.8 Å². The largest absolute Gasteiger partial charge is 0.444 e. The van der Waals surface area contributed by atoms with Gasteiger partial charge in [-0.1, -0.05) is 6.92 Å². The molecule has 1 aliphatic rings. The fourth-order valence-corrected chi connectivity index (χ4v) is 2.92. The summed E-state index contributed by atoms with van der Waals surface area (Å²) in [6.07, 6.45) is 0.900. The fraction of sp³-hybridized carbons (Fsp3) is 0.938. The maximum Gasteiger partial charge on any atom is 0.407 e. The molecule has 6 heteroatoms. The molecular weight excluding hydrogens is 282 g/mol. The van der Waals surface area contributed by atoms with Crippen LogP contribution in [0.3, 0.4) is 0 Å². The number of nitrogens with two attached hydrogens (primary N) is 1.